The van der Waals surface area contributed by atoms with Gasteiger partial charge >= 0.3 is 0 Å². The van der Waals surface area contributed by atoms with Gasteiger partial charge in [0.1, 0.15) is 5.82 Å². The van der Waals surface area contributed by atoms with Gasteiger partial charge in [-0.3, -0.25) is 0 Å². The Bertz CT molecular complexity index is 591. The smallest absolute Gasteiger partial charge is 0.108 e. The molecule has 3 rings (SSSR count). The molecule has 1 atom stereocenters. The van der Waals surface area contributed by atoms with E-state index in [-0.39, 0.29) is 0 Å². The molecule has 106 valence electrons. The summed E-state index contributed by atoms with van der Waals surface area (Å²) in [4.78, 5) is 7.91. The highest BCUT2D eigenvalue weighted by atomic mass is 79.9. The van der Waals surface area contributed by atoms with Crippen LogP contribution < -0.4 is 5.32 Å². The SMILES string of the molecule is Cc1ccc(Br)cc1-c1cnc(CC2COCCN2)[nH]1. The molecule has 1 fully saturated rings. The van der Waals surface area contributed by atoms with Crippen molar-refractivity contribution in [1.82, 2.24) is 15.3 Å². The average molecular weight is 336 g/mol. The van der Waals surface area contributed by atoms with Crippen LogP contribution in [-0.4, -0.2) is 35.8 Å². The van der Waals surface area contributed by atoms with Crippen LogP contribution in [0.4, 0.5) is 0 Å². The molecule has 1 aromatic heterocycles. The van der Waals surface area contributed by atoms with Crippen molar-refractivity contribution in [2.45, 2.75) is 19.4 Å². The number of imidazole rings is 1. The van der Waals surface area contributed by atoms with Crippen molar-refractivity contribution >= 4 is 15.9 Å². The summed E-state index contributed by atoms with van der Waals surface area (Å²) in [6.07, 6.45) is 2.78. The number of rotatable bonds is 3. The Morgan fingerprint density at radius 2 is 2.35 bits per heavy atom. The van der Waals surface area contributed by atoms with E-state index in [0.29, 0.717) is 6.04 Å². The number of aryl methyl sites for hydroxylation is 1. The molecule has 1 aromatic carbocycles. The van der Waals surface area contributed by atoms with E-state index in [9.17, 15) is 0 Å². The van der Waals surface area contributed by atoms with Crippen molar-refractivity contribution in [3.8, 4) is 11.3 Å². The summed E-state index contributed by atoms with van der Waals surface area (Å²) in [5, 5.41) is 3.44. The summed E-state index contributed by atoms with van der Waals surface area (Å²) in [6, 6.07) is 6.64. The van der Waals surface area contributed by atoms with Crippen LogP contribution in [0.25, 0.3) is 11.3 Å². The van der Waals surface area contributed by atoms with Gasteiger partial charge in [0, 0.05) is 29.0 Å². The molecule has 5 heteroatoms. The predicted molar refractivity (Wildman–Crippen MR) is 82.8 cm³/mol. The van der Waals surface area contributed by atoms with E-state index >= 15 is 0 Å². The first-order valence-electron chi connectivity index (χ1n) is 6.84. The van der Waals surface area contributed by atoms with Gasteiger partial charge in [-0.05, 0) is 24.6 Å². The lowest BCUT2D eigenvalue weighted by atomic mass is 10.1. The Balaban J connectivity index is 1.77. The Kier molecular flexibility index (Phi) is 4.19. The van der Waals surface area contributed by atoms with Crippen molar-refractivity contribution < 1.29 is 4.74 Å². The fourth-order valence-electron chi connectivity index (χ4n) is 2.47. The third-order valence-electron chi connectivity index (χ3n) is 3.56. The zero-order valence-corrected chi connectivity index (χ0v) is 13.0. The number of aromatic amines is 1. The van der Waals surface area contributed by atoms with E-state index in [4.69, 9.17) is 4.74 Å². The first kappa shape index (κ1) is 13.8. The van der Waals surface area contributed by atoms with E-state index in [0.717, 1.165) is 42.2 Å². The molecule has 0 bridgehead atoms. The van der Waals surface area contributed by atoms with Crippen LogP contribution in [0.2, 0.25) is 0 Å². The van der Waals surface area contributed by atoms with Crippen molar-refractivity contribution in [3.05, 3.63) is 40.3 Å². The van der Waals surface area contributed by atoms with E-state index in [2.05, 4.69) is 56.3 Å². The highest BCUT2D eigenvalue weighted by Gasteiger charge is 2.15. The molecule has 0 saturated carbocycles. The van der Waals surface area contributed by atoms with Gasteiger partial charge in [-0.2, -0.15) is 0 Å². The molecule has 0 spiro atoms. The number of hydrogen-bond acceptors (Lipinski definition) is 3. The van der Waals surface area contributed by atoms with Crippen LogP contribution in [-0.2, 0) is 11.2 Å². The fraction of sp³-hybridized carbons (Fsp3) is 0.400. The molecule has 1 aliphatic heterocycles. The maximum Gasteiger partial charge on any atom is 0.108 e. The van der Waals surface area contributed by atoms with Crippen LogP contribution in [0.15, 0.2) is 28.9 Å². The third-order valence-corrected chi connectivity index (χ3v) is 4.05. The molecular formula is C15H18BrN3O. The highest BCUT2D eigenvalue weighted by Crippen LogP contribution is 2.25. The molecule has 2 N–H and O–H groups in total. The lowest BCUT2D eigenvalue weighted by molar-refractivity contribution is 0.0764. The second kappa shape index (κ2) is 6.08. The maximum absolute atomic E-state index is 5.47. The number of H-pyrrole nitrogens is 1. The maximum atomic E-state index is 5.47. The Hall–Kier alpha value is -1.17. The van der Waals surface area contributed by atoms with E-state index in [1.807, 2.05) is 6.20 Å². The standard InChI is InChI=1S/C15H18BrN3O/c1-10-2-3-11(16)6-13(10)14-8-18-15(19-14)7-12-9-20-5-4-17-12/h2-3,6,8,12,17H,4-5,7,9H2,1H3,(H,18,19). The van der Waals surface area contributed by atoms with E-state index in [1.165, 1.54) is 11.1 Å². The molecule has 1 unspecified atom stereocenters. The number of benzene rings is 1. The van der Waals surface area contributed by atoms with Crippen LogP contribution >= 0.6 is 15.9 Å². The van der Waals surface area contributed by atoms with Gasteiger partial charge in [0.05, 0.1) is 25.1 Å². The van der Waals surface area contributed by atoms with Crippen molar-refractivity contribution in [1.29, 1.82) is 0 Å². The second-order valence-electron chi connectivity index (χ2n) is 5.13. The number of hydrogen-bond donors (Lipinski definition) is 2. The van der Waals surface area contributed by atoms with E-state index in [1.54, 1.807) is 0 Å². The quantitative estimate of drug-likeness (QED) is 0.906. The third kappa shape index (κ3) is 3.11. The van der Waals surface area contributed by atoms with Crippen molar-refractivity contribution in [2.75, 3.05) is 19.8 Å². The summed E-state index contributed by atoms with van der Waals surface area (Å²) >= 11 is 3.52. The van der Waals surface area contributed by atoms with Gasteiger partial charge in [-0.15, -0.1) is 0 Å². The minimum absolute atomic E-state index is 0.353. The van der Waals surface area contributed by atoms with E-state index < -0.39 is 0 Å². The Morgan fingerprint density at radius 3 is 3.15 bits per heavy atom. The monoisotopic (exact) mass is 335 g/mol. The lowest BCUT2D eigenvalue weighted by Gasteiger charge is -2.22. The largest absolute Gasteiger partial charge is 0.379 e. The minimum Gasteiger partial charge on any atom is -0.379 e. The topological polar surface area (TPSA) is 49.9 Å². The fourth-order valence-corrected chi connectivity index (χ4v) is 2.83. The molecule has 4 nitrogen and oxygen atoms in total. The zero-order valence-electron chi connectivity index (χ0n) is 11.4. The van der Waals surface area contributed by atoms with Gasteiger partial charge < -0.3 is 15.0 Å². The number of nitrogens with zero attached hydrogens (tertiary/aromatic N) is 1. The van der Waals surface area contributed by atoms with Crippen molar-refractivity contribution in [3.63, 3.8) is 0 Å². The average Bonchev–Trinajstić information content (AvgIpc) is 2.91. The Morgan fingerprint density at radius 1 is 1.45 bits per heavy atom. The highest BCUT2D eigenvalue weighted by molar-refractivity contribution is 9.10. The predicted octanol–water partition coefficient (Wildman–Crippen LogP) is 2.68. The summed E-state index contributed by atoms with van der Waals surface area (Å²) in [6.45, 7) is 4.59. The number of nitrogens with one attached hydrogen (secondary N) is 2. The second-order valence-corrected chi connectivity index (χ2v) is 6.05. The first-order valence-corrected chi connectivity index (χ1v) is 7.63. The zero-order chi connectivity index (χ0) is 13.9. The summed E-state index contributed by atoms with van der Waals surface area (Å²) in [5.41, 5.74) is 3.49. The lowest BCUT2D eigenvalue weighted by Crippen LogP contribution is -2.42. The van der Waals surface area contributed by atoms with Gasteiger partial charge in [0.25, 0.3) is 0 Å². The number of halogens is 1. The summed E-state index contributed by atoms with van der Waals surface area (Å²) in [5.74, 6) is 1.00. The molecule has 1 aliphatic rings. The van der Waals surface area contributed by atoms with Gasteiger partial charge in [0.2, 0.25) is 0 Å². The normalized spacial score (nSPS) is 19.2. The first-order chi connectivity index (χ1) is 9.72. The summed E-state index contributed by atoms with van der Waals surface area (Å²) in [7, 11) is 0. The van der Waals surface area contributed by atoms with Gasteiger partial charge in [-0.1, -0.05) is 22.0 Å². The number of morpholine rings is 1. The van der Waals surface area contributed by atoms with Crippen LogP contribution in [0.3, 0.4) is 0 Å². The number of ether oxygens (including phenoxy) is 1. The van der Waals surface area contributed by atoms with Crippen LogP contribution in [0.5, 0.6) is 0 Å². The molecule has 20 heavy (non-hydrogen) atoms. The van der Waals surface area contributed by atoms with Crippen molar-refractivity contribution in [2.24, 2.45) is 0 Å². The Labute approximate surface area is 127 Å². The molecule has 0 amide bonds. The minimum atomic E-state index is 0.353. The van der Waals surface area contributed by atoms with Gasteiger partial charge in [-0.25, -0.2) is 4.98 Å². The van der Waals surface area contributed by atoms with Crippen LogP contribution in [0, 0.1) is 6.92 Å². The molecule has 0 radical (unpaired) electrons. The van der Waals surface area contributed by atoms with Gasteiger partial charge in [0.15, 0.2) is 0 Å². The summed E-state index contributed by atoms with van der Waals surface area (Å²) < 4.78 is 6.55. The number of aromatic nitrogens is 2. The molecule has 2 heterocycles. The molecule has 0 aliphatic carbocycles. The molecule has 2 aromatic rings. The molecule has 1 saturated heterocycles. The molecular weight excluding hydrogens is 318 g/mol. The van der Waals surface area contributed by atoms with Crippen LogP contribution in [0.1, 0.15) is 11.4 Å².